The van der Waals surface area contributed by atoms with Crippen LogP contribution in [0.3, 0.4) is 0 Å². The summed E-state index contributed by atoms with van der Waals surface area (Å²) in [5.41, 5.74) is 0. The molecule has 0 aromatic carbocycles. The van der Waals surface area contributed by atoms with Crippen LogP contribution in [0.15, 0.2) is 24.3 Å². The summed E-state index contributed by atoms with van der Waals surface area (Å²) in [4.78, 5) is 24.7. The zero-order chi connectivity index (χ0) is 62.0. The maximum absolute atomic E-state index is 12.5. The third-order valence-electron chi connectivity index (χ3n) is 18.7. The molecule has 0 aromatic heterocycles. The van der Waals surface area contributed by atoms with Crippen LogP contribution >= 0.6 is 0 Å². The van der Waals surface area contributed by atoms with Gasteiger partial charge in [-0.2, -0.15) is 0 Å². The van der Waals surface area contributed by atoms with Gasteiger partial charge >= 0.3 is 5.97 Å². The van der Waals surface area contributed by atoms with Gasteiger partial charge in [0.05, 0.1) is 25.4 Å². The van der Waals surface area contributed by atoms with Crippen LogP contribution in [0.1, 0.15) is 450 Å². The second kappa shape index (κ2) is 75.8. The minimum absolute atomic E-state index is 0.0193. The number of amides is 1. The summed E-state index contributed by atoms with van der Waals surface area (Å²) in [6.07, 6.45) is 97.0. The number of nitrogens with one attached hydrogen (secondary N) is 1. The van der Waals surface area contributed by atoms with Crippen molar-refractivity contribution in [1.29, 1.82) is 0 Å². The molecule has 3 N–H and O–H groups in total. The van der Waals surface area contributed by atoms with Crippen LogP contribution in [-0.2, 0) is 14.3 Å². The highest BCUT2D eigenvalue weighted by Gasteiger charge is 2.20. The first-order valence-corrected chi connectivity index (χ1v) is 39.6. The maximum Gasteiger partial charge on any atom is 0.305 e. The first kappa shape index (κ1) is 84.3. The van der Waals surface area contributed by atoms with E-state index in [-0.39, 0.29) is 18.5 Å². The third-order valence-corrected chi connectivity index (χ3v) is 18.7. The van der Waals surface area contributed by atoms with Crippen molar-refractivity contribution in [3.63, 3.8) is 0 Å². The molecule has 0 aromatic rings. The number of aliphatic hydroxyl groups is 2. The Morgan fingerprint density at radius 2 is 0.547 bits per heavy atom. The highest BCUT2D eigenvalue weighted by atomic mass is 16.5. The van der Waals surface area contributed by atoms with E-state index >= 15 is 0 Å². The largest absolute Gasteiger partial charge is 0.466 e. The summed E-state index contributed by atoms with van der Waals surface area (Å²) in [6.45, 7) is 5.00. The van der Waals surface area contributed by atoms with Gasteiger partial charge in [-0.05, 0) is 77.0 Å². The maximum atomic E-state index is 12.5. The number of aliphatic hydroxyl groups excluding tert-OH is 2. The summed E-state index contributed by atoms with van der Waals surface area (Å²) >= 11 is 0. The molecular formula is C80H155NO5. The van der Waals surface area contributed by atoms with Crippen LogP contribution < -0.4 is 5.32 Å². The predicted octanol–water partition coefficient (Wildman–Crippen LogP) is 26.0. The highest BCUT2D eigenvalue weighted by Crippen LogP contribution is 2.20. The molecule has 6 heteroatoms. The van der Waals surface area contributed by atoms with E-state index < -0.39 is 12.1 Å². The molecule has 0 fully saturated rings. The lowest BCUT2D eigenvalue weighted by molar-refractivity contribution is -0.143. The standard InChI is InChI=1S/C80H155NO5/c1-3-5-7-9-11-13-15-17-19-21-37-42-46-50-54-58-62-66-70-74-80(85)86-75-71-67-63-59-55-51-47-43-39-36-34-32-30-28-26-24-22-23-25-27-29-31-33-35-38-41-45-49-53-57-61-65-69-73-79(84)81-77(76-82)78(83)72-68-64-60-56-52-48-44-40-20-18-16-14-12-10-8-6-4-2/h17,19,26,28,77-78,82-83H,3-16,18,20-25,27,29-76H2,1-2H3,(H,81,84)/b19-17-,28-26-. The zero-order valence-corrected chi connectivity index (χ0v) is 58.6. The van der Waals surface area contributed by atoms with E-state index in [4.69, 9.17) is 4.74 Å². The molecule has 0 saturated carbocycles. The summed E-state index contributed by atoms with van der Waals surface area (Å²) in [7, 11) is 0. The van der Waals surface area contributed by atoms with Gasteiger partial charge in [-0.1, -0.05) is 385 Å². The van der Waals surface area contributed by atoms with E-state index in [0.717, 1.165) is 38.5 Å². The van der Waals surface area contributed by atoms with Crippen molar-refractivity contribution in [1.82, 2.24) is 5.32 Å². The molecule has 0 rings (SSSR count). The molecule has 0 heterocycles. The minimum atomic E-state index is -0.662. The van der Waals surface area contributed by atoms with Crippen LogP contribution in [0.5, 0.6) is 0 Å². The zero-order valence-electron chi connectivity index (χ0n) is 58.6. The van der Waals surface area contributed by atoms with Gasteiger partial charge in [0, 0.05) is 12.8 Å². The van der Waals surface area contributed by atoms with Gasteiger partial charge in [-0.15, -0.1) is 0 Å². The Labute approximate surface area is 539 Å². The lowest BCUT2D eigenvalue weighted by atomic mass is 10.0. The highest BCUT2D eigenvalue weighted by molar-refractivity contribution is 5.76. The Bertz CT molecular complexity index is 1350. The van der Waals surface area contributed by atoms with Crippen molar-refractivity contribution >= 4 is 11.9 Å². The van der Waals surface area contributed by atoms with Crippen molar-refractivity contribution in [3.05, 3.63) is 24.3 Å². The smallest absolute Gasteiger partial charge is 0.305 e. The second-order valence-corrected chi connectivity index (χ2v) is 27.4. The fourth-order valence-electron chi connectivity index (χ4n) is 12.7. The molecule has 2 unspecified atom stereocenters. The Morgan fingerprint density at radius 3 is 0.826 bits per heavy atom. The topological polar surface area (TPSA) is 95.9 Å². The first-order chi connectivity index (χ1) is 42.5. The number of rotatable bonds is 75. The van der Waals surface area contributed by atoms with E-state index in [1.165, 1.54) is 379 Å². The molecule has 86 heavy (non-hydrogen) atoms. The molecule has 0 spiro atoms. The summed E-state index contributed by atoms with van der Waals surface area (Å²) in [5.74, 6) is -0.00832. The summed E-state index contributed by atoms with van der Waals surface area (Å²) in [5, 5.41) is 23.4. The molecule has 510 valence electrons. The first-order valence-electron chi connectivity index (χ1n) is 39.6. The molecule has 0 aliphatic rings. The lowest BCUT2D eigenvalue weighted by Gasteiger charge is -2.22. The minimum Gasteiger partial charge on any atom is -0.466 e. The van der Waals surface area contributed by atoms with Crippen LogP contribution in [0.4, 0.5) is 0 Å². The number of ether oxygens (including phenoxy) is 1. The van der Waals surface area contributed by atoms with Crippen molar-refractivity contribution in [2.45, 2.75) is 463 Å². The van der Waals surface area contributed by atoms with Gasteiger partial charge in [0.15, 0.2) is 0 Å². The van der Waals surface area contributed by atoms with E-state index in [1.54, 1.807) is 0 Å². The van der Waals surface area contributed by atoms with Crippen LogP contribution in [0.2, 0.25) is 0 Å². The van der Waals surface area contributed by atoms with Crippen LogP contribution in [-0.4, -0.2) is 47.4 Å². The average Bonchev–Trinajstić information content (AvgIpc) is 3.59. The molecule has 0 radical (unpaired) electrons. The number of allylic oxidation sites excluding steroid dienone is 4. The van der Waals surface area contributed by atoms with Crippen molar-refractivity contribution in [2.75, 3.05) is 13.2 Å². The van der Waals surface area contributed by atoms with E-state index in [1.807, 2.05) is 0 Å². The van der Waals surface area contributed by atoms with E-state index in [2.05, 4.69) is 43.5 Å². The van der Waals surface area contributed by atoms with Gasteiger partial charge in [-0.3, -0.25) is 9.59 Å². The monoisotopic (exact) mass is 1210 g/mol. The van der Waals surface area contributed by atoms with E-state index in [0.29, 0.717) is 25.9 Å². The van der Waals surface area contributed by atoms with Gasteiger partial charge in [0.25, 0.3) is 0 Å². The van der Waals surface area contributed by atoms with Crippen molar-refractivity contribution in [2.24, 2.45) is 0 Å². The van der Waals surface area contributed by atoms with Gasteiger partial charge in [0.2, 0.25) is 5.91 Å². The molecular weight excluding hydrogens is 1050 g/mol. The quantitative estimate of drug-likeness (QED) is 0.0320. The number of hydrogen-bond acceptors (Lipinski definition) is 5. The van der Waals surface area contributed by atoms with Crippen molar-refractivity contribution in [3.8, 4) is 0 Å². The molecule has 2 atom stereocenters. The number of carbonyl (C=O) groups excluding carboxylic acids is 2. The number of hydrogen-bond donors (Lipinski definition) is 3. The molecule has 1 amide bonds. The van der Waals surface area contributed by atoms with Crippen molar-refractivity contribution < 1.29 is 24.5 Å². The molecule has 0 saturated heterocycles. The second-order valence-electron chi connectivity index (χ2n) is 27.4. The lowest BCUT2D eigenvalue weighted by Crippen LogP contribution is -2.45. The summed E-state index contributed by atoms with van der Waals surface area (Å²) < 4.78 is 5.52. The Hall–Kier alpha value is -1.66. The summed E-state index contributed by atoms with van der Waals surface area (Å²) in [6, 6.07) is -0.539. The number of esters is 1. The fourth-order valence-corrected chi connectivity index (χ4v) is 12.7. The molecule has 6 nitrogen and oxygen atoms in total. The SMILES string of the molecule is CCCCCCCC/C=C\CCCCCCCCCCCC(=O)OCCCCCCCCCCCCCC/C=C\CCCCCCCCCCCCCCCCCCCC(=O)NC(CO)C(O)CCCCCCCCCCCCCCCCCCC. The normalized spacial score (nSPS) is 12.6. The van der Waals surface area contributed by atoms with Crippen LogP contribution in [0, 0.1) is 0 Å². The van der Waals surface area contributed by atoms with Gasteiger partial charge < -0.3 is 20.3 Å². The van der Waals surface area contributed by atoms with E-state index in [9.17, 15) is 19.8 Å². The Balaban J connectivity index is 3.33. The molecule has 0 bridgehead atoms. The Kier molecular flexibility index (Phi) is 74.3. The third kappa shape index (κ3) is 71.4. The number of carbonyl (C=O) groups is 2. The van der Waals surface area contributed by atoms with Gasteiger partial charge in [-0.25, -0.2) is 0 Å². The predicted molar refractivity (Wildman–Crippen MR) is 380 cm³/mol. The number of unbranched alkanes of at least 4 members (excludes halogenated alkanes) is 60. The Morgan fingerprint density at radius 1 is 0.314 bits per heavy atom. The average molecular weight is 1210 g/mol. The molecule has 0 aliphatic heterocycles. The molecule has 0 aliphatic carbocycles. The van der Waals surface area contributed by atoms with Crippen LogP contribution in [0.25, 0.3) is 0 Å². The fraction of sp³-hybridized carbons (Fsp3) is 0.925. The van der Waals surface area contributed by atoms with Gasteiger partial charge in [0.1, 0.15) is 0 Å².